The van der Waals surface area contributed by atoms with Gasteiger partial charge in [0.2, 0.25) is 0 Å². The Bertz CT molecular complexity index is 359. The molecule has 0 amide bonds. The third-order valence-electron chi connectivity index (χ3n) is 3.90. The van der Waals surface area contributed by atoms with Crippen molar-refractivity contribution in [2.24, 2.45) is 11.1 Å². The number of nitrogens with two attached hydrogens (primary N) is 1. The molecule has 1 aliphatic rings. The van der Waals surface area contributed by atoms with E-state index in [-0.39, 0.29) is 23.4 Å². The molecular weight excluding hydrogens is 206 g/mol. The van der Waals surface area contributed by atoms with Gasteiger partial charge in [-0.2, -0.15) is 0 Å². The number of benzene rings is 1. The van der Waals surface area contributed by atoms with Crippen LogP contribution < -0.4 is 5.73 Å². The van der Waals surface area contributed by atoms with Crippen LogP contribution in [0.5, 0.6) is 0 Å². The summed E-state index contributed by atoms with van der Waals surface area (Å²) >= 11 is 0. The quantitative estimate of drug-likeness (QED) is 0.780. The molecule has 1 atom stereocenters. The second-order valence-electron chi connectivity index (χ2n) is 5.04. The lowest BCUT2D eigenvalue weighted by Crippen LogP contribution is -2.46. The Morgan fingerprint density at radius 1 is 1.27 bits per heavy atom. The van der Waals surface area contributed by atoms with Gasteiger partial charge < -0.3 is 5.73 Å². The zero-order valence-corrected chi connectivity index (χ0v) is 10.5. The maximum absolute atomic E-state index is 6.55. The largest absolute Gasteiger partial charge is 0.321 e. The van der Waals surface area contributed by atoms with Crippen LogP contribution >= 0.6 is 12.4 Å². The Labute approximate surface area is 98.5 Å². The Hall–Kier alpha value is -0.530. The minimum Gasteiger partial charge on any atom is -0.321 e. The van der Waals surface area contributed by atoms with Crippen molar-refractivity contribution >= 4 is 12.4 Å². The highest BCUT2D eigenvalue weighted by molar-refractivity contribution is 5.85. The molecule has 84 valence electrons. The molecule has 0 bridgehead atoms. The smallest absolute Gasteiger partial charge is 0.0464 e. The molecule has 1 aliphatic carbocycles. The molecule has 15 heavy (non-hydrogen) atoms. The summed E-state index contributed by atoms with van der Waals surface area (Å²) in [6, 6.07) is 8.60. The van der Waals surface area contributed by atoms with Crippen LogP contribution in [-0.4, -0.2) is 0 Å². The second-order valence-corrected chi connectivity index (χ2v) is 5.04. The average Bonchev–Trinajstić information content (AvgIpc) is 2.36. The van der Waals surface area contributed by atoms with Gasteiger partial charge in [-0.15, -0.1) is 12.4 Å². The summed E-state index contributed by atoms with van der Waals surface area (Å²) in [5.41, 5.74) is 9.38. The molecule has 0 saturated carbocycles. The van der Waals surface area contributed by atoms with Gasteiger partial charge >= 0.3 is 0 Å². The van der Waals surface area contributed by atoms with Crippen LogP contribution in [0.2, 0.25) is 0 Å². The van der Waals surface area contributed by atoms with Gasteiger partial charge in [-0.25, -0.2) is 0 Å². The predicted octanol–water partition coefficient (Wildman–Crippen LogP) is 3.25. The average molecular weight is 226 g/mol. The van der Waals surface area contributed by atoms with E-state index in [4.69, 9.17) is 5.73 Å². The zero-order valence-electron chi connectivity index (χ0n) is 9.71. The molecule has 1 nitrogen and oxygen atoms in total. The fourth-order valence-corrected chi connectivity index (χ4v) is 2.78. The van der Waals surface area contributed by atoms with E-state index in [1.54, 1.807) is 0 Å². The van der Waals surface area contributed by atoms with E-state index >= 15 is 0 Å². The van der Waals surface area contributed by atoms with Gasteiger partial charge in [0.15, 0.2) is 0 Å². The van der Waals surface area contributed by atoms with Crippen molar-refractivity contribution in [2.45, 2.75) is 39.2 Å². The first-order chi connectivity index (χ1) is 6.51. The third-order valence-corrected chi connectivity index (χ3v) is 3.90. The summed E-state index contributed by atoms with van der Waals surface area (Å²) in [5, 5.41) is 0. The van der Waals surface area contributed by atoms with Gasteiger partial charge in [0.1, 0.15) is 0 Å². The molecular formula is C13H20ClN. The number of hydrogen-bond donors (Lipinski definition) is 1. The van der Waals surface area contributed by atoms with Crippen molar-refractivity contribution in [1.82, 2.24) is 0 Å². The summed E-state index contributed by atoms with van der Waals surface area (Å²) in [6.07, 6.45) is 2.12. The van der Waals surface area contributed by atoms with Crippen LogP contribution in [-0.2, 0) is 12.0 Å². The fourth-order valence-electron chi connectivity index (χ4n) is 2.78. The monoisotopic (exact) mass is 225 g/mol. The van der Waals surface area contributed by atoms with Crippen LogP contribution in [0.15, 0.2) is 24.3 Å². The molecule has 0 spiro atoms. The van der Waals surface area contributed by atoms with E-state index in [9.17, 15) is 0 Å². The van der Waals surface area contributed by atoms with Gasteiger partial charge in [-0.1, -0.05) is 45.0 Å². The van der Waals surface area contributed by atoms with Crippen molar-refractivity contribution < 1.29 is 0 Å². The van der Waals surface area contributed by atoms with Gasteiger partial charge in [0, 0.05) is 5.54 Å². The van der Waals surface area contributed by atoms with Crippen LogP contribution in [0, 0.1) is 5.41 Å². The number of halogens is 1. The molecule has 1 unspecified atom stereocenters. The number of rotatable bonds is 1. The summed E-state index contributed by atoms with van der Waals surface area (Å²) in [6.45, 7) is 6.73. The summed E-state index contributed by atoms with van der Waals surface area (Å²) in [5.74, 6) is 0. The molecule has 0 aromatic heterocycles. The van der Waals surface area contributed by atoms with Crippen LogP contribution in [0.25, 0.3) is 0 Å². The van der Waals surface area contributed by atoms with Crippen LogP contribution in [0.4, 0.5) is 0 Å². The molecule has 0 heterocycles. The standard InChI is InChI=1S/C13H19N.ClH/c1-4-13(14)11-8-6-5-7-10(11)9-12(13,2)3;/h5-8H,4,9,14H2,1-3H3;1H. The molecule has 2 rings (SSSR count). The van der Waals surface area contributed by atoms with Crippen molar-refractivity contribution in [2.75, 3.05) is 0 Å². The second kappa shape index (κ2) is 3.80. The number of fused-ring (bicyclic) bond motifs is 1. The van der Waals surface area contributed by atoms with E-state index in [0.717, 1.165) is 12.8 Å². The molecule has 0 fully saturated rings. The molecule has 2 N–H and O–H groups in total. The van der Waals surface area contributed by atoms with E-state index in [0.29, 0.717) is 0 Å². The molecule has 1 aromatic rings. The van der Waals surface area contributed by atoms with Crippen LogP contribution in [0.1, 0.15) is 38.3 Å². The first-order valence-corrected chi connectivity index (χ1v) is 5.38. The van der Waals surface area contributed by atoms with Crippen molar-refractivity contribution in [3.63, 3.8) is 0 Å². The van der Waals surface area contributed by atoms with Gasteiger partial charge in [0.25, 0.3) is 0 Å². The first-order valence-electron chi connectivity index (χ1n) is 5.38. The molecule has 1 aromatic carbocycles. The Morgan fingerprint density at radius 2 is 1.87 bits per heavy atom. The molecule has 0 radical (unpaired) electrons. The first kappa shape index (κ1) is 12.5. The highest BCUT2D eigenvalue weighted by Crippen LogP contribution is 2.49. The van der Waals surface area contributed by atoms with E-state index in [1.807, 2.05) is 0 Å². The minimum absolute atomic E-state index is 0. The van der Waals surface area contributed by atoms with E-state index in [1.165, 1.54) is 11.1 Å². The summed E-state index contributed by atoms with van der Waals surface area (Å²) in [7, 11) is 0. The highest BCUT2D eigenvalue weighted by Gasteiger charge is 2.47. The summed E-state index contributed by atoms with van der Waals surface area (Å²) < 4.78 is 0. The summed E-state index contributed by atoms with van der Waals surface area (Å²) in [4.78, 5) is 0. The lowest BCUT2D eigenvalue weighted by molar-refractivity contribution is 0.183. The van der Waals surface area contributed by atoms with Crippen molar-refractivity contribution in [3.05, 3.63) is 35.4 Å². The topological polar surface area (TPSA) is 26.0 Å². The fraction of sp³-hybridized carbons (Fsp3) is 0.538. The van der Waals surface area contributed by atoms with Crippen LogP contribution in [0.3, 0.4) is 0 Å². The van der Waals surface area contributed by atoms with Crippen molar-refractivity contribution in [1.29, 1.82) is 0 Å². The zero-order chi connectivity index (χ0) is 10.4. The normalized spacial score (nSPS) is 26.9. The highest BCUT2D eigenvalue weighted by atomic mass is 35.5. The number of hydrogen-bond acceptors (Lipinski definition) is 1. The maximum atomic E-state index is 6.55. The molecule has 0 saturated heterocycles. The maximum Gasteiger partial charge on any atom is 0.0464 e. The van der Waals surface area contributed by atoms with E-state index in [2.05, 4.69) is 45.0 Å². The predicted molar refractivity (Wildman–Crippen MR) is 67.3 cm³/mol. The minimum atomic E-state index is -0.135. The Morgan fingerprint density at radius 3 is 2.47 bits per heavy atom. The molecule has 0 aliphatic heterocycles. The van der Waals surface area contributed by atoms with Gasteiger partial charge in [0.05, 0.1) is 0 Å². The third kappa shape index (κ3) is 1.58. The Balaban J connectivity index is 0.00000112. The lowest BCUT2D eigenvalue weighted by Gasteiger charge is -2.38. The van der Waals surface area contributed by atoms with Gasteiger partial charge in [-0.05, 0) is 29.4 Å². The molecule has 2 heteroatoms. The lowest BCUT2D eigenvalue weighted by atomic mass is 9.72. The van der Waals surface area contributed by atoms with Gasteiger partial charge in [-0.3, -0.25) is 0 Å². The SMILES string of the molecule is CCC1(N)c2ccccc2CC1(C)C.Cl. The Kier molecular flexibility index (Phi) is 3.18. The van der Waals surface area contributed by atoms with Crippen molar-refractivity contribution in [3.8, 4) is 0 Å². The van der Waals surface area contributed by atoms with E-state index < -0.39 is 0 Å².